The maximum Gasteiger partial charge on any atom is 0.429 e. The fourth-order valence-electron chi connectivity index (χ4n) is 5.14. The summed E-state index contributed by atoms with van der Waals surface area (Å²) in [4.78, 5) is 37.2. The van der Waals surface area contributed by atoms with Crippen LogP contribution in [0.3, 0.4) is 0 Å². The van der Waals surface area contributed by atoms with E-state index >= 15 is 0 Å². The molecule has 1 atom stereocenters. The predicted octanol–water partition coefficient (Wildman–Crippen LogP) is 3.29. The van der Waals surface area contributed by atoms with E-state index in [9.17, 15) is 28.1 Å². The minimum Gasteiger partial charge on any atom is -0.509 e. The molecule has 1 aromatic rings. The van der Waals surface area contributed by atoms with Crippen LogP contribution in [0, 0.1) is 11.3 Å². The van der Waals surface area contributed by atoms with Crippen molar-refractivity contribution in [3.63, 3.8) is 0 Å². The van der Waals surface area contributed by atoms with E-state index in [4.69, 9.17) is 0 Å². The van der Waals surface area contributed by atoms with Crippen LogP contribution in [-0.4, -0.2) is 58.8 Å². The Hall–Kier alpha value is -2.20. The number of fused-ring (bicyclic) bond motifs is 1. The number of carbonyl (C=O) groups excluding carboxylic acids is 1. The Kier molecular flexibility index (Phi) is 7.16. The van der Waals surface area contributed by atoms with Crippen LogP contribution < -0.4 is 15.3 Å². The molecule has 2 aliphatic heterocycles. The molecule has 5 N–H and O–H groups in total. The van der Waals surface area contributed by atoms with Gasteiger partial charge in [0.05, 0.1) is 23.7 Å². The predicted molar refractivity (Wildman–Crippen MR) is 143 cm³/mol. The third-order valence-corrected chi connectivity index (χ3v) is 9.00. The Morgan fingerprint density at radius 1 is 1.19 bits per heavy atom. The van der Waals surface area contributed by atoms with Crippen molar-refractivity contribution in [2.45, 2.75) is 65.3 Å². The number of hydrogen-bond acceptors (Lipinski definition) is 8. The van der Waals surface area contributed by atoms with Crippen molar-refractivity contribution < 1.29 is 28.1 Å². The van der Waals surface area contributed by atoms with Gasteiger partial charge in [-0.05, 0) is 47.5 Å². The molecule has 0 bridgehead atoms. The zero-order valence-corrected chi connectivity index (χ0v) is 22.9. The van der Waals surface area contributed by atoms with Gasteiger partial charge in [-0.2, -0.15) is 9.79 Å². The van der Waals surface area contributed by atoms with Crippen LogP contribution in [0.4, 0.5) is 11.4 Å². The van der Waals surface area contributed by atoms with Crippen LogP contribution >= 0.6 is 7.87 Å². The van der Waals surface area contributed by atoms with Crippen molar-refractivity contribution in [2.24, 2.45) is 16.1 Å². The van der Waals surface area contributed by atoms with Crippen LogP contribution in [0.1, 0.15) is 59.3 Å². The molecule has 2 heterocycles. The number of carbonyl (C=O) groups is 1. The van der Waals surface area contributed by atoms with E-state index in [0.717, 1.165) is 44.8 Å². The molecule has 1 unspecified atom stereocenters. The summed E-state index contributed by atoms with van der Waals surface area (Å²) >= 11 is 0. The smallest absolute Gasteiger partial charge is 0.429 e. The molecule has 4 rings (SSSR count). The van der Waals surface area contributed by atoms with E-state index in [1.807, 2.05) is 0 Å². The van der Waals surface area contributed by atoms with Crippen molar-refractivity contribution in [3.8, 4) is 0 Å². The van der Waals surface area contributed by atoms with Crippen LogP contribution in [0.2, 0.25) is 0 Å². The monoisotopic (exact) mass is 539 g/mol. The summed E-state index contributed by atoms with van der Waals surface area (Å²) in [6.45, 7) is 6.78. The Morgan fingerprint density at radius 3 is 2.47 bits per heavy atom. The number of anilines is 2. The molecular formula is C24H36N4O6PS+. The second-order valence-electron chi connectivity index (χ2n) is 11.2. The highest BCUT2D eigenvalue weighted by molar-refractivity contribution is 7.92. The maximum absolute atomic E-state index is 13.7. The fourth-order valence-corrected chi connectivity index (χ4v) is 7.00. The number of sulfonamides is 1. The van der Waals surface area contributed by atoms with Crippen LogP contribution in [0.5, 0.6) is 0 Å². The number of aliphatic hydroxyl groups excluding tert-OH is 1. The average Bonchev–Trinajstić information content (AvgIpc) is 3.00. The first kappa shape index (κ1) is 26.9. The summed E-state index contributed by atoms with van der Waals surface area (Å²) in [7, 11) is -7.69. The number of hydrogen-bond donors (Lipinski definition) is 5. The fraction of sp³-hybridized carbons (Fsp3) is 0.583. The largest absolute Gasteiger partial charge is 0.509 e. The SMILES string of the molecule is CC(C)(C)CCN1C(=O)C(C2=N[P+](O)(O)c3cc(NS(C)(=O)=O)ccc3N2)=C(O)C1C1CCCCC1. The minimum atomic E-state index is -4.12. The van der Waals surface area contributed by atoms with E-state index in [1.165, 1.54) is 18.2 Å². The van der Waals surface area contributed by atoms with Gasteiger partial charge < -0.3 is 15.3 Å². The van der Waals surface area contributed by atoms with E-state index < -0.39 is 23.9 Å². The molecule has 0 aromatic heterocycles. The van der Waals surface area contributed by atoms with Crippen molar-refractivity contribution in [1.29, 1.82) is 0 Å². The minimum absolute atomic E-state index is 0.0100. The highest BCUT2D eigenvalue weighted by Crippen LogP contribution is 2.55. The molecule has 1 amide bonds. The average molecular weight is 540 g/mol. The highest BCUT2D eigenvalue weighted by atomic mass is 32.2. The van der Waals surface area contributed by atoms with Gasteiger partial charge in [-0.25, -0.2) is 8.42 Å². The van der Waals surface area contributed by atoms with Gasteiger partial charge in [0.1, 0.15) is 11.3 Å². The molecular weight excluding hydrogens is 503 g/mol. The van der Waals surface area contributed by atoms with Gasteiger partial charge in [-0.3, -0.25) is 9.52 Å². The second kappa shape index (κ2) is 9.59. The molecule has 1 saturated carbocycles. The van der Waals surface area contributed by atoms with E-state index in [0.29, 0.717) is 6.54 Å². The third kappa shape index (κ3) is 5.69. The highest BCUT2D eigenvalue weighted by Gasteiger charge is 2.50. The quantitative estimate of drug-likeness (QED) is 0.348. The normalized spacial score (nSPS) is 22.8. The summed E-state index contributed by atoms with van der Waals surface area (Å²) in [5.41, 5.74) is 0.405. The topological polar surface area (TPSA) is 152 Å². The Bertz CT molecular complexity index is 1220. The van der Waals surface area contributed by atoms with Crippen molar-refractivity contribution in [1.82, 2.24) is 4.90 Å². The van der Waals surface area contributed by atoms with Crippen LogP contribution in [-0.2, 0) is 14.8 Å². The zero-order valence-electron chi connectivity index (χ0n) is 21.2. The lowest BCUT2D eigenvalue weighted by atomic mass is 9.82. The first-order valence-corrected chi connectivity index (χ1v) is 15.8. The molecule has 0 spiro atoms. The molecule has 3 aliphatic rings. The number of nitrogens with zero attached hydrogens (tertiary/aromatic N) is 2. The van der Waals surface area contributed by atoms with Gasteiger partial charge in [0.2, 0.25) is 15.3 Å². The molecule has 1 fully saturated rings. The summed E-state index contributed by atoms with van der Waals surface area (Å²) in [5, 5.41) is 14.4. The molecule has 10 nitrogen and oxygen atoms in total. The maximum atomic E-state index is 13.7. The summed E-state index contributed by atoms with van der Waals surface area (Å²) in [6, 6.07) is 3.81. The lowest BCUT2D eigenvalue weighted by Crippen LogP contribution is -2.43. The Balaban J connectivity index is 1.70. The van der Waals surface area contributed by atoms with Gasteiger partial charge in [0.15, 0.2) is 5.84 Å². The van der Waals surface area contributed by atoms with Gasteiger partial charge in [0, 0.05) is 12.6 Å². The van der Waals surface area contributed by atoms with Crippen molar-refractivity contribution >= 4 is 46.3 Å². The molecule has 1 aromatic carbocycles. The third-order valence-electron chi connectivity index (χ3n) is 6.90. The number of amidine groups is 1. The zero-order chi connectivity index (χ0) is 26.5. The van der Waals surface area contributed by atoms with Crippen LogP contribution in [0.15, 0.2) is 34.3 Å². The van der Waals surface area contributed by atoms with Crippen molar-refractivity contribution in [3.05, 3.63) is 29.5 Å². The number of benzene rings is 1. The Morgan fingerprint density at radius 2 is 1.86 bits per heavy atom. The van der Waals surface area contributed by atoms with E-state index in [1.54, 1.807) is 4.90 Å². The van der Waals surface area contributed by atoms with E-state index in [2.05, 4.69) is 35.6 Å². The molecule has 1 aliphatic carbocycles. The number of rotatable bonds is 6. The number of amides is 1. The molecule has 0 radical (unpaired) electrons. The summed E-state index contributed by atoms with van der Waals surface area (Å²) in [6.07, 6.45) is 6.80. The summed E-state index contributed by atoms with van der Waals surface area (Å²) in [5.74, 6) is -0.404. The van der Waals surface area contributed by atoms with Crippen molar-refractivity contribution in [2.75, 3.05) is 22.8 Å². The number of nitrogens with one attached hydrogen (secondary N) is 2. The summed E-state index contributed by atoms with van der Waals surface area (Å²) < 4.78 is 29.6. The van der Waals surface area contributed by atoms with Gasteiger partial charge in [-0.1, -0.05) is 40.0 Å². The van der Waals surface area contributed by atoms with Crippen LogP contribution in [0.25, 0.3) is 0 Å². The molecule has 0 saturated heterocycles. The molecule has 12 heteroatoms. The molecule has 198 valence electrons. The van der Waals surface area contributed by atoms with E-state index in [-0.39, 0.29) is 51.1 Å². The number of aliphatic hydroxyl groups is 1. The van der Waals surface area contributed by atoms with Gasteiger partial charge in [-0.15, -0.1) is 0 Å². The van der Waals surface area contributed by atoms with Gasteiger partial charge in [0.25, 0.3) is 5.91 Å². The first-order chi connectivity index (χ1) is 16.7. The lowest BCUT2D eigenvalue weighted by Gasteiger charge is -2.35. The lowest BCUT2D eigenvalue weighted by molar-refractivity contribution is -0.128. The van der Waals surface area contributed by atoms with Gasteiger partial charge >= 0.3 is 7.87 Å². The Labute approximate surface area is 213 Å². The molecule has 36 heavy (non-hydrogen) atoms. The first-order valence-electron chi connectivity index (χ1n) is 12.2. The standard InChI is InChI=1S/C24H35N4O6PS/c1-24(2,3)12-13-28-20(15-8-6-5-7-9-15)21(29)19(23(28)30)22-25-17-11-10-16(27-36(4,33)34)14-18(17)35(31,32)26-22/h10-11,14-15,20,27,31-32H,5-9,12-13H2,1-4H3,(H-,25,26,29,30)/p+1. The second-order valence-corrected chi connectivity index (χ2v) is 14.7.